The molecule has 8 heteroatoms. The van der Waals surface area contributed by atoms with Gasteiger partial charge in [0.15, 0.2) is 17.2 Å². The van der Waals surface area contributed by atoms with E-state index in [-0.39, 0.29) is 22.8 Å². The van der Waals surface area contributed by atoms with Gasteiger partial charge in [-0.25, -0.2) is 0 Å². The quantitative estimate of drug-likeness (QED) is 0.312. The number of nitrogens with two attached hydrogens (primary N) is 1. The highest BCUT2D eigenvalue weighted by molar-refractivity contribution is 7.17. The number of benzene rings is 2. The van der Waals surface area contributed by atoms with Crippen LogP contribution in [-0.4, -0.2) is 15.2 Å². The third kappa shape index (κ3) is 2.49. The lowest BCUT2D eigenvalue weighted by Gasteiger charge is -2.14. The average molecular weight is 381 g/mol. The SMILES string of the molecule is C[C@@H](N)c1ccc(-c2c(N=O)c(O)c(O)c3[nH]c(=O)c4sccc4c23)cc1. The maximum atomic E-state index is 12.3. The standard InChI is InChI=1S/C19H15N3O4S/c1-8(20)9-2-4-10(5-3-9)12-13-11-6-7-27-18(11)19(25)21-14(13)16(23)17(24)15(12)22-26/h2-8,23-24H,20H2,1H3,(H,21,25)/t8-/m1/s1. The largest absolute Gasteiger partial charge is 0.503 e. The lowest BCUT2D eigenvalue weighted by Crippen LogP contribution is -2.05. The van der Waals surface area contributed by atoms with E-state index in [1.807, 2.05) is 19.1 Å². The van der Waals surface area contributed by atoms with Crippen molar-refractivity contribution in [1.29, 1.82) is 0 Å². The van der Waals surface area contributed by atoms with Crippen molar-refractivity contribution in [2.75, 3.05) is 0 Å². The molecule has 0 saturated carbocycles. The molecule has 0 fully saturated rings. The fourth-order valence-electron chi connectivity index (χ4n) is 3.28. The molecule has 27 heavy (non-hydrogen) atoms. The number of hydrogen-bond donors (Lipinski definition) is 4. The van der Waals surface area contributed by atoms with E-state index in [4.69, 9.17) is 5.73 Å². The Morgan fingerprint density at radius 2 is 1.85 bits per heavy atom. The van der Waals surface area contributed by atoms with Gasteiger partial charge in [-0.3, -0.25) is 4.79 Å². The highest BCUT2D eigenvalue weighted by Crippen LogP contribution is 2.50. The van der Waals surface area contributed by atoms with Crippen molar-refractivity contribution in [2.24, 2.45) is 10.9 Å². The number of H-pyrrole nitrogens is 1. The molecule has 136 valence electrons. The van der Waals surface area contributed by atoms with Crippen LogP contribution in [0.25, 0.3) is 32.1 Å². The van der Waals surface area contributed by atoms with Crippen molar-refractivity contribution in [3.8, 4) is 22.6 Å². The van der Waals surface area contributed by atoms with Crippen molar-refractivity contribution < 1.29 is 10.2 Å². The molecule has 2 heterocycles. The zero-order chi connectivity index (χ0) is 19.3. The molecule has 0 bridgehead atoms. The van der Waals surface area contributed by atoms with Crippen LogP contribution in [0.3, 0.4) is 0 Å². The first-order chi connectivity index (χ1) is 12.9. The summed E-state index contributed by atoms with van der Waals surface area (Å²) in [6, 6.07) is 8.75. The fourth-order valence-corrected chi connectivity index (χ4v) is 4.07. The number of phenols is 2. The summed E-state index contributed by atoms with van der Waals surface area (Å²) in [5.41, 5.74) is 7.13. The Labute approximate surface area is 156 Å². The van der Waals surface area contributed by atoms with E-state index in [2.05, 4.69) is 10.2 Å². The monoisotopic (exact) mass is 381 g/mol. The summed E-state index contributed by atoms with van der Waals surface area (Å²) in [7, 11) is 0. The molecule has 0 aliphatic heterocycles. The van der Waals surface area contributed by atoms with Crippen molar-refractivity contribution >= 4 is 38.0 Å². The minimum Gasteiger partial charge on any atom is -0.503 e. The van der Waals surface area contributed by atoms with Crippen LogP contribution in [0, 0.1) is 4.91 Å². The molecule has 5 N–H and O–H groups in total. The molecule has 4 rings (SSSR count). The molecule has 7 nitrogen and oxygen atoms in total. The average Bonchev–Trinajstić information content (AvgIpc) is 3.15. The molecule has 4 aromatic rings. The number of nitrogens with zero attached hydrogens (tertiary/aromatic N) is 1. The molecule has 0 spiro atoms. The Hall–Kier alpha value is -3.23. The van der Waals surface area contributed by atoms with Crippen molar-refractivity contribution in [3.63, 3.8) is 0 Å². The fraction of sp³-hybridized carbons (Fsp3) is 0.105. The van der Waals surface area contributed by atoms with Crippen LogP contribution in [0.4, 0.5) is 5.69 Å². The highest BCUT2D eigenvalue weighted by atomic mass is 32.1. The van der Waals surface area contributed by atoms with Gasteiger partial charge in [0.2, 0.25) is 0 Å². The molecule has 2 aromatic carbocycles. The number of aromatic nitrogens is 1. The zero-order valence-electron chi connectivity index (χ0n) is 14.2. The third-order valence-electron chi connectivity index (χ3n) is 4.62. The van der Waals surface area contributed by atoms with Gasteiger partial charge >= 0.3 is 0 Å². The van der Waals surface area contributed by atoms with Crippen LogP contribution in [0.15, 0.2) is 45.7 Å². The summed E-state index contributed by atoms with van der Waals surface area (Å²) in [6.45, 7) is 1.86. The normalized spacial score (nSPS) is 12.5. The van der Waals surface area contributed by atoms with Gasteiger partial charge in [-0.2, -0.15) is 0 Å². The number of nitroso groups, excluding NO2 is 1. The van der Waals surface area contributed by atoms with Gasteiger partial charge in [0.25, 0.3) is 5.56 Å². The summed E-state index contributed by atoms with van der Waals surface area (Å²) in [5, 5.41) is 26.4. The topological polar surface area (TPSA) is 129 Å². The first kappa shape index (κ1) is 17.2. The number of thiophene rings is 1. The van der Waals surface area contributed by atoms with Crippen molar-refractivity contribution in [1.82, 2.24) is 4.98 Å². The Morgan fingerprint density at radius 3 is 2.48 bits per heavy atom. The molecule has 0 amide bonds. The number of hydrogen-bond acceptors (Lipinski definition) is 7. The summed E-state index contributed by atoms with van der Waals surface area (Å²) in [5.74, 6) is -1.25. The minimum atomic E-state index is -0.672. The van der Waals surface area contributed by atoms with Gasteiger partial charge in [0.1, 0.15) is 4.70 Å². The second kappa shape index (κ2) is 6.19. The van der Waals surface area contributed by atoms with E-state index in [9.17, 15) is 19.9 Å². The highest BCUT2D eigenvalue weighted by Gasteiger charge is 2.24. The molecule has 0 radical (unpaired) electrons. The number of aromatic amines is 1. The smallest absolute Gasteiger partial charge is 0.266 e. The van der Waals surface area contributed by atoms with E-state index in [0.29, 0.717) is 26.6 Å². The predicted octanol–water partition coefficient (Wildman–Crippen LogP) is 4.24. The summed E-state index contributed by atoms with van der Waals surface area (Å²) in [6.07, 6.45) is 0. The number of fused-ring (bicyclic) bond motifs is 3. The number of phenolic OH excluding ortho intramolecular Hbond substituents is 2. The van der Waals surface area contributed by atoms with Crippen LogP contribution < -0.4 is 11.3 Å². The Morgan fingerprint density at radius 1 is 1.15 bits per heavy atom. The maximum absolute atomic E-state index is 12.3. The predicted molar refractivity (Wildman–Crippen MR) is 107 cm³/mol. The van der Waals surface area contributed by atoms with E-state index < -0.39 is 11.5 Å². The molecule has 0 unspecified atom stereocenters. The van der Waals surface area contributed by atoms with Crippen molar-refractivity contribution in [2.45, 2.75) is 13.0 Å². The van der Waals surface area contributed by atoms with Gasteiger partial charge in [-0.15, -0.1) is 16.2 Å². The van der Waals surface area contributed by atoms with Gasteiger partial charge in [0.05, 0.1) is 5.52 Å². The van der Waals surface area contributed by atoms with Gasteiger partial charge < -0.3 is 20.9 Å². The second-order valence-electron chi connectivity index (χ2n) is 6.29. The Balaban J connectivity index is 2.21. The minimum absolute atomic E-state index is 0.0575. The van der Waals surface area contributed by atoms with Crippen LogP contribution in [0.1, 0.15) is 18.5 Å². The lowest BCUT2D eigenvalue weighted by molar-refractivity contribution is 0.409. The first-order valence-electron chi connectivity index (χ1n) is 8.14. The van der Waals surface area contributed by atoms with Crippen LogP contribution in [0.2, 0.25) is 0 Å². The third-order valence-corrected chi connectivity index (χ3v) is 5.53. The lowest BCUT2D eigenvalue weighted by atomic mass is 9.94. The van der Waals surface area contributed by atoms with Gasteiger partial charge in [-0.1, -0.05) is 24.3 Å². The van der Waals surface area contributed by atoms with Crippen molar-refractivity contribution in [3.05, 3.63) is 56.5 Å². The zero-order valence-corrected chi connectivity index (χ0v) is 15.0. The molecule has 0 aliphatic carbocycles. The number of aromatic hydroxyl groups is 2. The maximum Gasteiger partial charge on any atom is 0.266 e. The summed E-state index contributed by atoms with van der Waals surface area (Å²) >= 11 is 1.25. The first-order valence-corrected chi connectivity index (χ1v) is 9.02. The Bertz CT molecular complexity index is 1260. The number of rotatable bonds is 3. The van der Waals surface area contributed by atoms with Crippen LogP contribution >= 0.6 is 11.3 Å². The molecular formula is C19H15N3O4S. The van der Waals surface area contributed by atoms with Crippen LogP contribution in [-0.2, 0) is 0 Å². The van der Waals surface area contributed by atoms with Gasteiger partial charge in [0, 0.05) is 22.4 Å². The summed E-state index contributed by atoms with van der Waals surface area (Å²) in [4.78, 5) is 26.4. The Kier molecular flexibility index (Phi) is 3.94. The molecule has 0 saturated heterocycles. The summed E-state index contributed by atoms with van der Waals surface area (Å²) < 4.78 is 0.456. The van der Waals surface area contributed by atoms with E-state index in [1.165, 1.54) is 11.3 Å². The van der Waals surface area contributed by atoms with E-state index in [1.54, 1.807) is 23.6 Å². The molecule has 2 aromatic heterocycles. The molecular weight excluding hydrogens is 366 g/mol. The number of nitrogens with one attached hydrogen (secondary N) is 1. The molecule has 0 aliphatic rings. The van der Waals surface area contributed by atoms with E-state index in [0.717, 1.165) is 5.56 Å². The molecule has 1 atom stereocenters. The second-order valence-corrected chi connectivity index (χ2v) is 7.21. The van der Waals surface area contributed by atoms with Gasteiger partial charge in [-0.05, 0) is 34.7 Å². The van der Waals surface area contributed by atoms with E-state index >= 15 is 0 Å². The van der Waals surface area contributed by atoms with Crippen LogP contribution in [0.5, 0.6) is 11.5 Å². The number of pyridine rings is 1.